The molecule has 1 aromatic rings. The van der Waals surface area contributed by atoms with Gasteiger partial charge >= 0.3 is 0 Å². The number of hydrogen-bond donors (Lipinski definition) is 2. The van der Waals surface area contributed by atoms with E-state index in [-0.39, 0.29) is 5.90 Å². The summed E-state index contributed by atoms with van der Waals surface area (Å²) in [6.07, 6.45) is 10.1. The van der Waals surface area contributed by atoms with Crippen LogP contribution in [0, 0.1) is 10.8 Å². The fourth-order valence-corrected chi connectivity index (χ4v) is 4.16. The molecule has 2 rings (SSSR count). The molecule has 1 fully saturated rings. The van der Waals surface area contributed by atoms with Crippen LogP contribution in [0.4, 0.5) is 0 Å². The third-order valence-electron chi connectivity index (χ3n) is 4.63. The van der Waals surface area contributed by atoms with E-state index in [4.69, 9.17) is 43.5 Å². The summed E-state index contributed by atoms with van der Waals surface area (Å²) in [6, 6.07) is 1.72. The van der Waals surface area contributed by atoms with Crippen LogP contribution in [0.15, 0.2) is 6.07 Å². The van der Waals surface area contributed by atoms with Crippen LogP contribution in [0.2, 0.25) is 10.0 Å². The van der Waals surface area contributed by atoms with Crippen molar-refractivity contribution in [1.82, 2.24) is 0 Å². The summed E-state index contributed by atoms with van der Waals surface area (Å²) < 4.78 is 11.1. The van der Waals surface area contributed by atoms with Crippen molar-refractivity contribution < 1.29 is 9.47 Å². The van der Waals surface area contributed by atoms with Gasteiger partial charge in [-0.1, -0.05) is 42.5 Å². The molecule has 0 amide bonds. The molecule has 0 aromatic heterocycles. The second kappa shape index (κ2) is 10.0. The summed E-state index contributed by atoms with van der Waals surface area (Å²) in [5, 5.41) is 16.1. The summed E-state index contributed by atoms with van der Waals surface area (Å²) in [4.78, 5) is 0. The lowest BCUT2D eigenvalue weighted by atomic mass is 9.84. The highest BCUT2D eigenvalue weighted by molar-refractivity contribution is 6.37. The van der Waals surface area contributed by atoms with Gasteiger partial charge in [0.1, 0.15) is 0 Å². The van der Waals surface area contributed by atoms with E-state index in [9.17, 15) is 0 Å². The van der Waals surface area contributed by atoms with Crippen molar-refractivity contribution in [3.05, 3.63) is 21.7 Å². The zero-order chi connectivity index (χ0) is 18.2. The molecule has 0 spiro atoms. The van der Waals surface area contributed by atoms with E-state index in [0.717, 1.165) is 37.7 Å². The molecule has 1 aliphatic rings. The zero-order valence-electron chi connectivity index (χ0n) is 14.7. The molecule has 0 saturated heterocycles. The van der Waals surface area contributed by atoms with E-state index in [2.05, 4.69) is 0 Å². The Morgan fingerprint density at radius 1 is 1.24 bits per heavy atom. The number of hydrogen-bond acceptors (Lipinski definition) is 4. The summed E-state index contributed by atoms with van der Waals surface area (Å²) >= 11 is 13.1. The Labute approximate surface area is 159 Å². The highest BCUT2D eigenvalue weighted by Crippen LogP contribution is 2.48. The second-order valence-corrected chi connectivity index (χ2v) is 7.21. The summed E-state index contributed by atoms with van der Waals surface area (Å²) in [5.74, 6) is 1.36. The van der Waals surface area contributed by atoms with Crippen molar-refractivity contribution >= 4 is 35.3 Å². The third-order valence-corrected chi connectivity index (χ3v) is 5.32. The highest BCUT2D eigenvalue weighted by Gasteiger charge is 2.26. The van der Waals surface area contributed by atoms with Crippen LogP contribution in [-0.2, 0) is 0 Å². The number of methoxy groups -OCH3 is 1. The maximum Gasteiger partial charge on any atom is 0.187 e. The van der Waals surface area contributed by atoms with Gasteiger partial charge in [-0.25, -0.2) is 0 Å². The number of rotatable bonds is 8. The number of nitrogens with one attached hydrogen (secondary N) is 2. The average Bonchev–Trinajstić information content (AvgIpc) is 2.60. The molecule has 0 aliphatic heterocycles. The van der Waals surface area contributed by atoms with Crippen molar-refractivity contribution in [2.24, 2.45) is 0 Å². The molecule has 0 unspecified atom stereocenters. The minimum absolute atomic E-state index is 0.154. The lowest BCUT2D eigenvalue weighted by Gasteiger charge is -2.25. The van der Waals surface area contributed by atoms with Crippen LogP contribution in [-0.4, -0.2) is 19.2 Å². The Morgan fingerprint density at radius 2 is 1.96 bits per heavy atom. The molecule has 0 bridgehead atoms. The Kier molecular flexibility index (Phi) is 8.04. The topological polar surface area (TPSA) is 66.2 Å². The molecule has 2 N–H and O–H groups in total. The molecule has 4 nitrogen and oxygen atoms in total. The summed E-state index contributed by atoms with van der Waals surface area (Å²) in [7, 11) is 1.56. The van der Waals surface area contributed by atoms with Crippen molar-refractivity contribution in [2.45, 2.75) is 63.7 Å². The Morgan fingerprint density at radius 3 is 2.60 bits per heavy atom. The van der Waals surface area contributed by atoms with Crippen LogP contribution >= 0.6 is 23.2 Å². The first-order chi connectivity index (χ1) is 12.1. The minimum atomic E-state index is 0.154. The van der Waals surface area contributed by atoms with Gasteiger partial charge in [0.25, 0.3) is 0 Å². The predicted molar refractivity (Wildman–Crippen MR) is 104 cm³/mol. The van der Waals surface area contributed by atoms with Gasteiger partial charge in [0, 0.05) is 17.5 Å². The fraction of sp³-hybridized carbons (Fsp3) is 0.579. The highest BCUT2D eigenvalue weighted by atomic mass is 35.5. The zero-order valence-corrected chi connectivity index (χ0v) is 16.2. The van der Waals surface area contributed by atoms with Crippen molar-refractivity contribution in [1.29, 1.82) is 10.8 Å². The molecule has 1 saturated carbocycles. The number of ether oxygens (including phenoxy) is 2. The monoisotopic (exact) mass is 384 g/mol. The molecule has 25 heavy (non-hydrogen) atoms. The standard InChI is InChI=1S/C19H26Cl2N2O2/c1-24-19-15(25-16(23)10-6-3-7-11-22)12-14(20)17(18(19)21)13-8-4-2-5-9-13/h11-13,22-23H,2-10H2,1H3. The first-order valence-electron chi connectivity index (χ1n) is 8.88. The molecule has 6 heteroatoms. The molecule has 1 aliphatic carbocycles. The predicted octanol–water partition coefficient (Wildman–Crippen LogP) is 6.62. The molecule has 138 valence electrons. The van der Waals surface area contributed by atoms with Crippen LogP contribution in [0.3, 0.4) is 0 Å². The molecular weight excluding hydrogens is 359 g/mol. The maximum absolute atomic E-state index is 8.00. The quantitative estimate of drug-likeness (QED) is 0.300. The van der Waals surface area contributed by atoms with Crippen molar-refractivity contribution in [3.63, 3.8) is 0 Å². The minimum Gasteiger partial charge on any atom is -0.491 e. The van der Waals surface area contributed by atoms with Crippen LogP contribution in [0.1, 0.15) is 69.3 Å². The largest absolute Gasteiger partial charge is 0.491 e. The van der Waals surface area contributed by atoms with Gasteiger partial charge in [0.15, 0.2) is 17.4 Å². The fourth-order valence-electron chi connectivity index (χ4n) is 3.34. The lowest BCUT2D eigenvalue weighted by molar-refractivity contribution is 0.385. The normalized spacial score (nSPS) is 15.0. The molecular formula is C19H26Cl2N2O2. The van der Waals surface area contributed by atoms with E-state index in [1.54, 1.807) is 13.2 Å². The first-order valence-corrected chi connectivity index (χ1v) is 9.64. The van der Waals surface area contributed by atoms with Gasteiger partial charge < -0.3 is 14.9 Å². The van der Waals surface area contributed by atoms with Crippen LogP contribution < -0.4 is 9.47 Å². The van der Waals surface area contributed by atoms with E-state index < -0.39 is 0 Å². The van der Waals surface area contributed by atoms with Crippen LogP contribution in [0.25, 0.3) is 0 Å². The van der Waals surface area contributed by atoms with Gasteiger partial charge in [0.05, 0.1) is 12.1 Å². The Balaban J connectivity index is 2.16. The molecule has 0 heterocycles. The smallest absolute Gasteiger partial charge is 0.187 e. The Bertz CT molecular complexity index is 614. The van der Waals surface area contributed by atoms with Gasteiger partial charge in [-0.05, 0) is 49.8 Å². The lowest BCUT2D eigenvalue weighted by Crippen LogP contribution is -2.10. The maximum atomic E-state index is 8.00. The average molecular weight is 385 g/mol. The van der Waals surface area contributed by atoms with E-state index in [1.165, 1.54) is 25.5 Å². The second-order valence-electron chi connectivity index (χ2n) is 6.43. The SMILES string of the molecule is COc1c(OC(=N)CCCCC=N)cc(Cl)c(C2CCCCC2)c1Cl. The van der Waals surface area contributed by atoms with Gasteiger partial charge in [-0.3, -0.25) is 5.41 Å². The number of unbranched alkanes of at least 4 members (excludes halogenated alkanes) is 2. The molecule has 0 atom stereocenters. The summed E-state index contributed by atoms with van der Waals surface area (Å²) in [5.41, 5.74) is 0.949. The first kappa shape index (κ1) is 20.1. The van der Waals surface area contributed by atoms with Crippen molar-refractivity contribution in [3.8, 4) is 11.5 Å². The molecule has 1 aromatic carbocycles. The van der Waals surface area contributed by atoms with E-state index in [1.807, 2.05) is 0 Å². The molecule has 0 radical (unpaired) electrons. The number of halogens is 2. The summed E-state index contributed by atoms with van der Waals surface area (Å²) in [6.45, 7) is 0. The van der Waals surface area contributed by atoms with Crippen molar-refractivity contribution in [2.75, 3.05) is 7.11 Å². The van der Waals surface area contributed by atoms with Gasteiger partial charge in [-0.15, -0.1) is 0 Å². The number of benzene rings is 1. The van der Waals surface area contributed by atoms with Gasteiger partial charge in [0.2, 0.25) is 0 Å². The van der Waals surface area contributed by atoms with Crippen LogP contribution in [0.5, 0.6) is 11.5 Å². The van der Waals surface area contributed by atoms with Gasteiger partial charge in [-0.2, -0.15) is 0 Å². The van der Waals surface area contributed by atoms with E-state index in [0.29, 0.717) is 33.9 Å². The Hall–Kier alpha value is -1.26. The van der Waals surface area contributed by atoms with E-state index >= 15 is 0 Å². The third kappa shape index (κ3) is 5.35.